The van der Waals surface area contributed by atoms with Gasteiger partial charge < -0.3 is 5.11 Å². The molecule has 5 heteroatoms. The maximum absolute atomic E-state index is 13.1. The third kappa shape index (κ3) is 3.44. The van der Waals surface area contributed by atoms with Crippen LogP contribution in [0.25, 0.3) is 0 Å². The predicted molar refractivity (Wildman–Crippen MR) is 106 cm³/mol. The van der Waals surface area contributed by atoms with Gasteiger partial charge in [0, 0.05) is 17.0 Å². The van der Waals surface area contributed by atoms with Crippen molar-refractivity contribution in [2.45, 2.75) is 12.5 Å². The van der Waals surface area contributed by atoms with Gasteiger partial charge in [0.25, 0.3) is 5.91 Å². The molecule has 1 heterocycles. The first-order chi connectivity index (χ1) is 13.1. The number of carbonyl (C=O) groups excluding carboxylic acids is 1. The van der Waals surface area contributed by atoms with Crippen LogP contribution in [0.15, 0.2) is 84.0 Å². The fourth-order valence-corrected chi connectivity index (χ4v) is 3.49. The monoisotopic (exact) mass is 376 g/mol. The zero-order chi connectivity index (χ0) is 18.8. The normalized spacial score (nSPS) is 16.3. The van der Waals surface area contributed by atoms with Gasteiger partial charge in [-0.05, 0) is 41.5 Å². The van der Waals surface area contributed by atoms with Crippen LogP contribution in [0, 0.1) is 0 Å². The van der Waals surface area contributed by atoms with Crippen molar-refractivity contribution in [2.24, 2.45) is 5.10 Å². The molecule has 3 aromatic carbocycles. The lowest BCUT2D eigenvalue weighted by Gasteiger charge is -2.23. The van der Waals surface area contributed by atoms with Crippen LogP contribution in [0.4, 0.5) is 0 Å². The Labute approximate surface area is 162 Å². The van der Waals surface area contributed by atoms with E-state index in [1.165, 1.54) is 17.1 Å². The number of halogens is 1. The number of phenolic OH excluding ortho intramolecular Hbond substituents is 1. The Hall–Kier alpha value is -3.11. The second-order valence-electron chi connectivity index (χ2n) is 6.35. The van der Waals surface area contributed by atoms with Crippen LogP contribution in [0.1, 0.15) is 33.9 Å². The van der Waals surface area contributed by atoms with Gasteiger partial charge in [0.1, 0.15) is 5.75 Å². The first kappa shape index (κ1) is 17.3. The van der Waals surface area contributed by atoms with E-state index in [0.29, 0.717) is 17.0 Å². The molecular formula is C22H17ClN2O2. The van der Waals surface area contributed by atoms with Crippen molar-refractivity contribution in [3.8, 4) is 5.75 Å². The van der Waals surface area contributed by atoms with Gasteiger partial charge in [0.15, 0.2) is 0 Å². The molecule has 4 nitrogen and oxygen atoms in total. The molecule has 0 saturated carbocycles. The van der Waals surface area contributed by atoms with E-state index in [1.54, 1.807) is 12.1 Å². The number of hydrazone groups is 1. The Bertz CT molecular complexity index is 1000. The molecule has 1 N–H and O–H groups in total. The number of nitrogens with zero attached hydrogens (tertiary/aromatic N) is 2. The van der Waals surface area contributed by atoms with Crippen LogP contribution >= 0.6 is 11.6 Å². The maximum Gasteiger partial charge on any atom is 0.274 e. The van der Waals surface area contributed by atoms with E-state index >= 15 is 0 Å². The first-order valence-electron chi connectivity index (χ1n) is 8.63. The van der Waals surface area contributed by atoms with Crippen LogP contribution in [-0.2, 0) is 0 Å². The second-order valence-corrected chi connectivity index (χ2v) is 6.76. The van der Waals surface area contributed by atoms with E-state index in [-0.39, 0.29) is 17.7 Å². The highest BCUT2D eigenvalue weighted by atomic mass is 35.5. The summed E-state index contributed by atoms with van der Waals surface area (Å²) in [5.74, 6) is -0.116. The molecule has 0 aliphatic carbocycles. The zero-order valence-electron chi connectivity index (χ0n) is 14.4. The Morgan fingerprint density at radius 3 is 2.33 bits per heavy atom. The van der Waals surface area contributed by atoms with Gasteiger partial charge in [-0.2, -0.15) is 5.10 Å². The predicted octanol–water partition coefficient (Wildman–Crippen LogP) is 5.04. The van der Waals surface area contributed by atoms with Gasteiger partial charge in [-0.1, -0.05) is 60.1 Å². The molecule has 0 saturated heterocycles. The van der Waals surface area contributed by atoms with Crippen LogP contribution < -0.4 is 0 Å². The quantitative estimate of drug-likeness (QED) is 0.696. The highest BCUT2D eigenvalue weighted by Gasteiger charge is 2.34. The van der Waals surface area contributed by atoms with Crippen molar-refractivity contribution in [1.82, 2.24) is 5.01 Å². The number of aromatic hydroxyl groups is 1. The van der Waals surface area contributed by atoms with Crippen LogP contribution in [-0.4, -0.2) is 21.7 Å². The number of carbonyl (C=O) groups is 1. The Kier molecular flexibility index (Phi) is 4.65. The van der Waals surface area contributed by atoms with Crippen molar-refractivity contribution in [2.75, 3.05) is 0 Å². The summed E-state index contributed by atoms with van der Waals surface area (Å²) in [6.45, 7) is 0. The smallest absolute Gasteiger partial charge is 0.274 e. The largest absolute Gasteiger partial charge is 0.508 e. The molecule has 0 radical (unpaired) electrons. The van der Waals surface area contributed by atoms with Crippen molar-refractivity contribution < 1.29 is 9.90 Å². The molecule has 27 heavy (non-hydrogen) atoms. The van der Waals surface area contributed by atoms with Gasteiger partial charge >= 0.3 is 0 Å². The van der Waals surface area contributed by atoms with Gasteiger partial charge in [0.05, 0.1) is 11.8 Å². The van der Waals surface area contributed by atoms with Gasteiger partial charge in [-0.3, -0.25) is 4.79 Å². The topological polar surface area (TPSA) is 52.9 Å². The third-order valence-electron chi connectivity index (χ3n) is 4.60. The summed E-state index contributed by atoms with van der Waals surface area (Å²) in [5, 5.41) is 16.2. The minimum Gasteiger partial charge on any atom is -0.508 e. The number of phenols is 1. The maximum atomic E-state index is 13.1. The molecule has 4 rings (SSSR count). The van der Waals surface area contributed by atoms with E-state index < -0.39 is 0 Å². The molecule has 3 aromatic rings. The van der Waals surface area contributed by atoms with E-state index in [2.05, 4.69) is 5.10 Å². The fraction of sp³-hybridized carbons (Fsp3) is 0.0909. The number of amides is 1. The molecule has 1 unspecified atom stereocenters. The number of hydrogen-bond acceptors (Lipinski definition) is 3. The Morgan fingerprint density at radius 1 is 0.963 bits per heavy atom. The SMILES string of the molecule is O=C(c1ccc(O)cc1)N1N=C(c2ccccc2)CC1c1ccccc1Cl. The summed E-state index contributed by atoms with van der Waals surface area (Å²) in [4.78, 5) is 13.1. The van der Waals surface area contributed by atoms with Crippen LogP contribution in [0.3, 0.4) is 0 Å². The van der Waals surface area contributed by atoms with E-state index in [0.717, 1.165) is 16.8 Å². The Balaban J connectivity index is 1.75. The minimum atomic E-state index is -0.282. The molecule has 0 aromatic heterocycles. The molecule has 1 atom stereocenters. The lowest BCUT2D eigenvalue weighted by atomic mass is 9.98. The summed E-state index contributed by atoms with van der Waals surface area (Å²) in [7, 11) is 0. The molecule has 0 fully saturated rings. The number of hydrogen-bond donors (Lipinski definition) is 1. The molecule has 134 valence electrons. The molecule has 1 amide bonds. The molecule has 1 aliphatic rings. The first-order valence-corrected chi connectivity index (χ1v) is 9.01. The average Bonchev–Trinajstić information content (AvgIpc) is 3.14. The number of benzene rings is 3. The lowest BCUT2D eigenvalue weighted by molar-refractivity contribution is 0.0711. The summed E-state index contributed by atoms with van der Waals surface area (Å²) < 4.78 is 0. The molecule has 1 aliphatic heterocycles. The molecule has 0 bridgehead atoms. The standard InChI is InChI=1S/C22H17ClN2O2/c23-19-9-5-4-8-18(19)21-14-20(15-6-2-1-3-7-15)24-25(21)22(27)16-10-12-17(26)13-11-16/h1-13,21,26H,14H2. The van der Waals surface area contributed by atoms with Crippen LogP contribution in [0.2, 0.25) is 5.02 Å². The highest BCUT2D eigenvalue weighted by Crippen LogP contribution is 2.37. The van der Waals surface area contributed by atoms with Gasteiger partial charge in [0.2, 0.25) is 0 Å². The number of rotatable bonds is 3. The summed E-state index contributed by atoms with van der Waals surface area (Å²) in [5.41, 5.74) is 3.15. The molecule has 0 spiro atoms. The van der Waals surface area contributed by atoms with Crippen molar-refractivity contribution in [3.63, 3.8) is 0 Å². The fourth-order valence-electron chi connectivity index (χ4n) is 3.23. The minimum absolute atomic E-state index is 0.115. The average molecular weight is 377 g/mol. The van der Waals surface area contributed by atoms with Gasteiger partial charge in [-0.25, -0.2) is 5.01 Å². The summed E-state index contributed by atoms with van der Waals surface area (Å²) >= 11 is 6.41. The van der Waals surface area contributed by atoms with Crippen molar-refractivity contribution in [1.29, 1.82) is 0 Å². The van der Waals surface area contributed by atoms with E-state index in [9.17, 15) is 9.90 Å². The lowest BCUT2D eigenvalue weighted by Crippen LogP contribution is -2.27. The van der Waals surface area contributed by atoms with Crippen LogP contribution in [0.5, 0.6) is 5.75 Å². The second kappa shape index (κ2) is 7.25. The third-order valence-corrected chi connectivity index (χ3v) is 4.95. The highest BCUT2D eigenvalue weighted by molar-refractivity contribution is 6.31. The van der Waals surface area contributed by atoms with Gasteiger partial charge in [-0.15, -0.1) is 0 Å². The zero-order valence-corrected chi connectivity index (χ0v) is 15.2. The van der Waals surface area contributed by atoms with E-state index in [1.807, 2.05) is 54.6 Å². The summed E-state index contributed by atoms with van der Waals surface area (Å²) in [6.07, 6.45) is 0.581. The van der Waals surface area contributed by atoms with Crippen molar-refractivity contribution >= 4 is 23.2 Å². The summed E-state index contributed by atoms with van der Waals surface area (Å²) in [6, 6.07) is 23.2. The molecular weight excluding hydrogens is 360 g/mol. The van der Waals surface area contributed by atoms with Crippen molar-refractivity contribution in [3.05, 3.63) is 101 Å². The van der Waals surface area contributed by atoms with E-state index in [4.69, 9.17) is 11.6 Å². The Morgan fingerprint density at radius 2 is 1.63 bits per heavy atom.